The molecule has 0 aliphatic carbocycles. The lowest BCUT2D eigenvalue weighted by atomic mass is 10.0. The van der Waals surface area contributed by atoms with Crippen LogP contribution in [0.25, 0.3) is 0 Å². The van der Waals surface area contributed by atoms with Crippen molar-refractivity contribution in [2.24, 2.45) is 5.16 Å². The van der Waals surface area contributed by atoms with E-state index >= 15 is 0 Å². The predicted molar refractivity (Wildman–Crippen MR) is 117 cm³/mol. The molecular formula is C24H27N3O4. The highest BCUT2D eigenvalue weighted by atomic mass is 16.6. The van der Waals surface area contributed by atoms with Crippen molar-refractivity contribution in [1.29, 1.82) is 0 Å². The van der Waals surface area contributed by atoms with Crippen LogP contribution in [0.3, 0.4) is 0 Å². The quantitative estimate of drug-likeness (QED) is 0.684. The molecule has 4 rings (SSSR count). The van der Waals surface area contributed by atoms with Crippen LogP contribution >= 0.6 is 0 Å². The van der Waals surface area contributed by atoms with Crippen LogP contribution in [0.2, 0.25) is 0 Å². The number of hydrogen-bond acceptors (Lipinski definition) is 5. The van der Waals surface area contributed by atoms with E-state index in [0.29, 0.717) is 19.4 Å². The molecule has 0 unspecified atom stereocenters. The fraction of sp³-hybridized carbons (Fsp3) is 0.375. The SMILES string of the molecule is O=C(N[C@H](Cc1ccccc1)C(=O)NC[C@@H]1CCCO1)[C@@H]1CC(c2ccccc2)=NO1. The zero-order valence-corrected chi connectivity index (χ0v) is 17.3. The minimum Gasteiger partial charge on any atom is -0.382 e. The summed E-state index contributed by atoms with van der Waals surface area (Å²) in [4.78, 5) is 31.1. The summed E-state index contributed by atoms with van der Waals surface area (Å²) >= 11 is 0. The fourth-order valence-corrected chi connectivity index (χ4v) is 3.79. The van der Waals surface area contributed by atoms with E-state index in [1.807, 2.05) is 60.7 Å². The van der Waals surface area contributed by atoms with E-state index < -0.39 is 12.1 Å². The van der Waals surface area contributed by atoms with Crippen LogP contribution in [0.15, 0.2) is 65.8 Å². The Balaban J connectivity index is 1.37. The standard InChI is InChI=1S/C24H27N3O4/c28-23(25-16-19-12-7-13-30-19)21(14-17-8-3-1-4-9-17)26-24(29)22-15-20(27-31-22)18-10-5-2-6-11-18/h1-6,8-11,19,21-22H,7,12-16H2,(H,25,28)(H,26,29)/t19-,21+,22-/m0/s1. The minimum atomic E-state index is -0.751. The summed E-state index contributed by atoms with van der Waals surface area (Å²) in [6.07, 6.45) is 1.99. The molecule has 1 fully saturated rings. The lowest BCUT2D eigenvalue weighted by Gasteiger charge is -2.21. The molecule has 162 valence electrons. The molecule has 7 nitrogen and oxygen atoms in total. The van der Waals surface area contributed by atoms with Gasteiger partial charge in [0, 0.05) is 26.0 Å². The van der Waals surface area contributed by atoms with E-state index in [2.05, 4.69) is 15.8 Å². The molecule has 2 amide bonds. The molecule has 0 spiro atoms. The highest BCUT2D eigenvalue weighted by Gasteiger charge is 2.32. The molecule has 2 aliphatic heterocycles. The van der Waals surface area contributed by atoms with Gasteiger partial charge in [0.2, 0.25) is 12.0 Å². The van der Waals surface area contributed by atoms with Crippen molar-refractivity contribution in [1.82, 2.24) is 10.6 Å². The number of amides is 2. The summed E-state index contributed by atoms with van der Waals surface area (Å²) in [6, 6.07) is 18.5. The van der Waals surface area contributed by atoms with Gasteiger partial charge in [0.15, 0.2) is 0 Å². The maximum Gasteiger partial charge on any atom is 0.265 e. The van der Waals surface area contributed by atoms with Crippen LogP contribution in [-0.2, 0) is 25.6 Å². The van der Waals surface area contributed by atoms with Crippen LogP contribution < -0.4 is 10.6 Å². The Bertz CT molecular complexity index is 911. The Morgan fingerprint density at radius 3 is 2.52 bits per heavy atom. The van der Waals surface area contributed by atoms with E-state index in [0.717, 1.165) is 36.3 Å². The zero-order chi connectivity index (χ0) is 21.5. The first-order valence-corrected chi connectivity index (χ1v) is 10.7. The molecule has 0 bridgehead atoms. The Morgan fingerprint density at radius 1 is 1.06 bits per heavy atom. The second kappa shape index (κ2) is 10.2. The summed E-state index contributed by atoms with van der Waals surface area (Å²) in [7, 11) is 0. The average Bonchev–Trinajstić information content (AvgIpc) is 3.51. The number of hydrogen-bond donors (Lipinski definition) is 2. The number of rotatable bonds is 8. The molecule has 0 saturated carbocycles. The summed E-state index contributed by atoms with van der Waals surface area (Å²) in [5, 5.41) is 9.86. The molecule has 2 N–H and O–H groups in total. The van der Waals surface area contributed by atoms with Crippen molar-refractivity contribution in [2.75, 3.05) is 13.2 Å². The molecule has 2 aromatic carbocycles. The van der Waals surface area contributed by atoms with Crippen molar-refractivity contribution in [2.45, 2.75) is 43.9 Å². The second-order valence-corrected chi connectivity index (χ2v) is 7.83. The maximum absolute atomic E-state index is 12.9. The molecule has 7 heteroatoms. The molecule has 1 saturated heterocycles. The van der Waals surface area contributed by atoms with Crippen molar-refractivity contribution in [3.63, 3.8) is 0 Å². The van der Waals surface area contributed by atoms with Crippen molar-refractivity contribution >= 4 is 17.5 Å². The molecule has 2 aromatic rings. The van der Waals surface area contributed by atoms with Crippen LogP contribution in [0.5, 0.6) is 0 Å². The smallest absolute Gasteiger partial charge is 0.265 e. The van der Waals surface area contributed by atoms with Crippen LogP contribution in [0.1, 0.15) is 30.4 Å². The lowest BCUT2D eigenvalue weighted by Crippen LogP contribution is -2.51. The first kappa shape index (κ1) is 21.1. The average molecular weight is 421 g/mol. The highest BCUT2D eigenvalue weighted by molar-refractivity contribution is 6.04. The third-order valence-electron chi connectivity index (χ3n) is 5.51. The van der Waals surface area contributed by atoms with E-state index in [1.165, 1.54) is 0 Å². The number of carbonyl (C=O) groups excluding carboxylic acids is 2. The van der Waals surface area contributed by atoms with Gasteiger partial charge in [-0.1, -0.05) is 65.8 Å². The van der Waals surface area contributed by atoms with Crippen LogP contribution in [-0.4, -0.2) is 48.9 Å². The first-order valence-electron chi connectivity index (χ1n) is 10.7. The minimum absolute atomic E-state index is 0.0389. The molecular weight excluding hydrogens is 394 g/mol. The van der Waals surface area contributed by atoms with Crippen molar-refractivity contribution < 1.29 is 19.2 Å². The first-order chi connectivity index (χ1) is 15.2. The van der Waals surface area contributed by atoms with Gasteiger partial charge >= 0.3 is 0 Å². The van der Waals surface area contributed by atoms with Crippen LogP contribution in [0.4, 0.5) is 0 Å². The van der Waals surface area contributed by atoms with Gasteiger partial charge in [0.05, 0.1) is 11.8 Å². The third-order valence-corrected chi connectivity index (χ3v) is 5.51. The fourth-order valence-electron chi connectivity index (χ4n) is 3.79. The number of nitrogens with one attached hydrogen (secondary N) is 2. The van der Waals surface area contributed by atoms with E-state index in [9.17, 15) is 9.59 Å². The molecule has 31 heavy (non-hydrogen) atoms. The number of oxime groups is 1. The Hall–Kier alpha value is -3.19. The molecule has 2 heterocycles. The van der Waals surface area contributed by atoms with Crippen molar-refractivity contribution in [3.8, 4) is 0 Å². The number of benzene rings is 2. The monoisotopic (exact) mass is 421 g/mol. The van der Waals surface area contributed by atoms with Gasteiger partial charge in [-0.25, -0.2) is 0 Å². The molecule has 2 aliphatic rings. The van der Waals surface area contributed by atoms with Gasteiger partial charge in [-0.2, -0.15) is 0 Å². The number of ether oxygens (including phenoxy) is 1. The topological polar surface area (TPSA) is 89.0 Å². The maximum atomic E-state index is 12.9. The van der Waals surface area contributed by atoms with Crippen molar-refractivity contribution in [3.05, 3.63) is 71.8 Å². The lowest BCUT2D eigenvalue weighted by molar-refractivity contribution is -0.135. The van der Waals surface area contributed by atoms with Gasteiger partial charge in [-0.05, 0) is 24.0 Å². The van der Waals surface area contributed by atoms with E-state index in [4.69, 9.17) is 9.57 Å². The van der Waals surface area contributed by atoms with Gasteiger partial charge in [0.1, 0.15) is 6.04 Å². The van der Waals surface area contributed by atoms with Gasteiger partial charge in [-0.15, -0.1) is 0 Å². The molecule has 0 radical (unpaired) electrons. The highest BCUT2D eigenvalue weighted by Crippen LogP contribution is 2.17. The van der Waals surface area contributed by atoms with Gasteiger partial charge in [-0.3, -0.25) is 9.59 Å². The third kappa shape index (κ3) is 5.70. The van der Waals surface area contributed by atoms with Gasteiger partial charge < -0.3 is 20.2 Å². The largest absolute Gasteiger partial charge is 0.382 e. The van der Waals surface area contributed by atoms with E-state index in [1.54, 1.807) is 0 Å². The second-order valence-electron chi connectivity index (χ2n) is 7.83. The summed E-state index contributed by atoms with van der Waals surface area (Å²) in [5.41, 5.74) is 2.62. The molecule has 3 atom stereocenters. The normalized spacial score (nSPS) is 21.1. The molecule has 0 aromatic heterocycles. The van der Waals surface area contributed by atoms with Crippen LogP contribution in [0, 0.1) is 0 Å². The Kier molecular flexibility index (Phi) is 6.94. The zero-order valence-electron chi connectivity index (χ0n) is 17.3. The number of nitrogens with zero attached hydrogens (tertiary/aromatic N) is 1. The summed E-state index contributed by atoms with van der Waals surface area (Å²) in [5.74, 6) is -0.572. The Morgan fingerprint density at radius 2 is 1.81 bits per heavy atom. The van der Waals surface area contributed by atoms with Gasteiger partial charge in [0.25, 0.3) is 5.91 Å². The predicted octanol–water partition coefficient (Wildman–Crippen LogP) is 2.20. The summed E-state index contributed by atoms with van der Waals surface area (Å²) < 4.78 is 5.58. The van der Waals surface area contributed by atoms with E-state index in [-0.39, 0.29) is 17.9 Å². The summed E-state index contributed by atoms with van der Waals surface area (Å²) in [6.45, 7) is 1.18. The Labute approximate surface area is 181 Å². The number of carbonyl (C=O) groups is 2.